The molecule has 0 aliphatic heterocycles. The number of halogens is 2. The number of amides is 2. The maximum atomic E-state index is 13.2. The molecule has 46 heavy (non-hydrogen) atoms. The number of nitrogens with zero attached hydrogens (tertiary/aromatic N) is 5. The lowest BCUT2D eigenvalue weighted by Crippen LogP contribution is -2.39. The second-order valence-electron chi connectivity index (χ2n) is 11.8. The fourth-order valence-corrected chi connectivity index (χ4v) is 6.08. The van der Waals surface area contributed by atoms with Crippen molar-refractivity contribution in [2.45, 2.75) is 33.5 Å². The van der Waals surface area contributed by atoms with Crippen molar-refractivity contribution in [2.24, 2.45) is 0 Å². The quantitative estimate of drug-likeness (QED) is 0.120. The first-order valence-corrected chi connectivity index (χ1v) is 18.7. The number of H-pyrrole nitrogens is 1. The number of fused-ring (bicyclic) bond motifs is 1. The molecular weight excluding hydrogens is 641 g/mol. The van der Waals surface area contributed by atoms with E-state index in [1.165, 1.54) is 0 Å². The molecule has 0 saturated heterocycles. The number of anilines is 4. The Balaban J connectivity index is 1.17. The number of aromatic amines is 1. The summed E-state index contributed by atoms with van der Waals surface area (Å²) in [5.41, 5.74) is 5.07. The summed E-state index contributed by atoms with van der Waals surface area (Å²) in [7, 11) is -1.77. The van der Waals surface area contributed by atoms with Crippen molar-refractivity contribution >= 4 is 76.7 Å². The number of aromatic nitrogens is 6. The first kappa shape index (κ1) is 31.1. The van der Waals surface area contributed by atoms with Crippen molar-refractivity contribution in [2.75, 3.05) is 16.0 Å². The summed E-state index contributed by atoms with van der Waals surface area (Å²) in [6, 6.07) is 18.1. The Morgan fingerprint density at radius 2 is 1.74 bits per heavy atom. The minimum Gasteiger partial charge on any atom is -0.437 e. The molecule has 2 amide bonds. The number of nitrogens with one attached hydrogen (secondary N) is 4. The zero-order chi connectivity index (χ0) is 32.6. The number of carbonyl (C=O) groups excluding carboxylic acids is 1. The van der Waals surface area contributed by atoms with E-state index >= 15 is 0 Å². The number of aryl methyl sites for hydroxylation is 2. The third-order valence-corrected chi connectivity index (χ3v) is 9.79. The van der Waals surface area contributed by atoms with Crippen LogP contribution in [0.5, 0.6) is 11.6 Å². The summed E-state index contributed by atoms with van der Waals surface area (Å²) in [5.74, 6) is 1.38. The SMILES string of the molecule is Cc1ccc(-n2nc([Si](C)(C)C)cc2NC(=O)Nc2ccc(Oc3ccnc(Nc4cc(C)c5[nH]ncc5c4)n3)c(Cl)c2Cl)cc1. The summed E-state index contributed by atoms with van der Waals surface area (Å²) < 4.78 is 7.69. The van der Waals surface area contributed by atoms with Gasteiger partial charge in [0.1, 0.15) is 24.7 Å². The summed E-state index contributed by atoms with van der Waals surface area (Å²) >= 11 is 13.2. The van der Waals surface area contributed by atoms with Crippen LogP contribution in [0.3, 0.4) is 0 Å². The lowest BCUT2D eigenvalue weighted by atomic mass is 10.1. The molecule has 4 N–H and O–H groups in total. The van der Waals surface area contributed by atoms with Crippen LogP contribution >= 0.6 is 23.2 Å². The largest absolute Gasteiger partial charge is 0.437 e. The Morgan fingerprint density at radius 1 is 0.957 bits per heavy atom. The average Bonchev–Trinajstić information content (AvgIpc) is 3.66. The highest BCUT2D eigenvalue weighted by molar-refractivity contribution is 6.88. The smallest absolute Gasteiger partial charge is 0.324 e. The van der Waals surface area contributed by atoms with Gasteiger partial charge < -0.3 is 15.4 Å². The van der Waals surface area contributed by atoms with Crippen LogP contribution in [-0.2, 0) is 0 Å². The van der Waals surface area contributed by atoms with E-state index in [4.69, 9.17) is 33.0 Å². The average molecular weight is 673 g/mol. The Kier molecular flexibility index (Phi) is 8.43. The molecule has 0 saturated carbocycles. The molecule has 0 atom stereocenters. The van der Waals surface area contributed by atoms with Crippen molar-refractivity contribution in [3.63, 3.8) is 0 Å². The normalized spacial score (nSPS) is 11.5. The molecule has 0 aliphatic rings. The topological polar surface area (TPSA) is 135 Å². The number of benzene rings is 3. The third-order valence-electron chi connectivity index (χ3n) is 7.14. The monoisotopic (exact) mass is 671 g/mol. The van der Waals surface area contributed by atoms with Crippen molar-refractivity contribution in [1.29, 1.82) is 0 Å². The Bertz CT molecular complexity index is 2070. The molecule has 3 heterocycles. The Hall–Kier alpha value is -4.91. The van der Waals surface area contributed by atoms with Crippen LogP contribution in [0.25, 0.3) is 16.6 Å². The van der Waals surface area contributed by atoms with E-state index in [0.29, 0.717) is 17.5 Å². The molecule has 3 aromatic heterocycles. The molecule has 6 rings (SSSR count). The lowest BCUT2D eigenvalue weighted by Gasteiger charge is -2.14. The van der Waals surface area contributed by atoms with Gasteiger partial charge in [0.15, 0.2) is 0 Å². The maximum absolute atomic E-state index is 13.2. The molecule has 0 fully saturated rings. The van der Waals surface area contributed by atoms with Crippen LogP contribution in [0.15, 0.2) is 73.1 Å². The van der Waals surface area contributed by atoms with Crippen LogP contribution in [0.2, 0.25) is 29.7 Å². The highest BCUT2D eigenvalue weighted by Crippen LogP contribution is 2.39. The molecule has 234 valence electrons. The molecular formula is C32H31Cl2N9O2Si. The minimum atomic E-state index is -1.77. The predicted molar refractivity (Wildman–Crippen MR) is 187 cm³/mol. The fourth-order valence-electron chi connectivity index (χ4n) is 4.70. The van der Waals surface area contributed by atoms with Gasteiger partial charge in [0.25, 0.3) is 0 Å². The van der Waals surface area contributed by atoms with Gasteiger partial charge in [0.05, 0.1) is 28.1 Å². The fraction of sp³-hybridized carbons (Fsp3) is 0.156. The lowest BCUT2D eigenvalue weighted by molar-refractivity contribution is 0.262. The summed E-state index contributed by atoms with van der Waals surface area (Å²) in [5, 5.41) is 22.9. The highest BCUT2D eigenvalue weighted by Gasteiger charge is 2.24. The third kappa shape index (κ3) is 6.69. The van der Waals surface area contributed by atoms with E-state index in [1.807, 2.05) is 56.3 Å². The van der Waals surface area contributed by atoms with Crippen LogP contribution < -0.4 is 26.0 Å². The van der Waals surface area contributed by atoms with Crippen LogP contribution in [-0.4, -0.2) is 44.1 Å². The van der Waals surface area contributed by atoms with Crippen molar-refractivity contribution in [1.82, 2.24) is 29.9 Å². The first-order chi connectivity index (χ1) is 21.9. The number of urea groups is 1. The molecule has 6 aromatic rings. The molecule has 11 nitrogen and oxygen atoms in total. The maximum Gasteiger partial charge on any atom is 0.324 e. The Labute approximate surface area is 276 Å². The second kappa shape index (κ2) is 12.5. The van der Waals surface area contributed by atoms with Crippen LogP contribution in [0.1, 0.15) is 11.1 Å². The zero-order valence-electron chi connectivity index (χ0n) is 25.7. The van der Waals surface area contributed by atoms with E-state index < -0.39 is 14.1 Å². The summed E-state index contributed by atoms with van der Waals surface area (Å²) in [6.45, 7) is 10.6. The van der Waals surface area contributed by atoms with Gasteiger partial charge in [-0.1, -0.05) is 60.5 Å². The minimum absolute atomic E-state index is 0.110. The molecule has 0 radical (unpaired) electrons. The van der Waals surface area contributed by atoms with Gasteiger partial charge in [0, 0.05) is 28.7 Å². The van der Waals surface area contributed by atoms with E-state index in [2.05, 4.69) is 55.8 Å². The van der Waals surface area contributed by atoms with Gasteiger partial charge in [-0.25, -0.2) is 14.5 Å². The van der Waals surface area contributed by atoms with E-state index in [1.54, 1.807) is 35.3 Å². The van der Waals surface area contributed by atoms with E-state index in [9.17, 15) is 4.79 Å². The van der Waals surface area contributed by atoms with Gasteiger partial charge in [-0.05, 0) is 61.9 Å². The first-order valence-electron chi connectivity index (χ1n) is 14.4. The number of hydrogen-bond acceptors (Lipinski definition) is 7. The van der Waals surface area contributed by atoms with Gasteiger partial charge in [-0.2, -0.15) is 15.2 Å². The highest BCUT2D eigenvalue weighted by atomic mass is 35.5. The van der Waals surface area contributed by atoms with Crippen molar-refractivity contribution < 1.29 is 9.53 Å². The van der Waals surface area contributed by atoms with Gasteiger partial charge in [-0.3, -0.25) is 10.4 Å². The van der Waals surface area contributed by atoms with Gasteiger partial charge >= 0.3 is 6.03 Å². The summed E-state index contributed by atoms with van der Waals surface area (Å²) in [4.78, 5) is 21.9. The van der Waals surface area contributed by atoms with Gasteiger partial charge in [-0.15, -0.1) is 0 Å². The number of hydrogen-bond donors (Lipinski definition) is 4. The van der Waals surface area contributed by atoms with Crippen LogP contribution in [0.4, 0.5) is 27.9 Å². The molecule has 14 heteroatoms. The summed E-state index contributed by atoms with van der Waals surface area (Å²) in [6.07, 6.45) is 3.32. The van der Waals surface area contributed by atoms with Crippen molar-refractivity contribution in [3.8, 4) is 17.3 Å². The molecule has 0 unspecified atom stereocenters. The molecule has 0 spiro atoms. The standard InChI is InChI=1S/C32H31Cl2N9O2Si/c1-18-6-8-22(9-7-18)43-25(16-27(42-43)46(3,4)5)39-32(44)38-23-10-11-24(29(34)28(23)33)45-26-12-13-35-31(40-26)37-21-14-19(2)30-20(15-21)17-36-41-30/h6-17H,1-5H3,(H,36,41)(H,35,37,40)(H2,38,39,44). The number of ether oxygens (including phenoxy) is 1. The molecule has 3 aromatic carbocycles. The van der Waals surface area contributed by atoms with E-state index in [0.717, 1.165) is 38.7 Å². The molecule has 0 aliphatic carbocycles. The van der Waals surface area contributed by atoms with Crippen molar-refractivity contribution in [3.05, 3.63) is 94.2 Å². The van der Waals surface area contributed by atoms with E-state index in [-0.39, 0.29) is 21.7 Å². The number of carbonyl (C=O) groups is 1. The number of rotatable bonds is 8. The zero-order valence-corrected chi connectivity index (χ0v) is 28.2. The predicted octanol–water partition coefficient (Wildman–Crippen LogP) is 8.19. The van der Waals surface area contributed by atoms with Gasteiger partial charge in [0.2, 0.25) is 11.8 Å². The van der Waals surface area contributed by atoms with Crippen LogP contribution in [0, 0.1) is 13.8 Å². The molecule has 0 bridgehead atoms. The Morgan fingerprint density at radius 3 is 2.50 bits per heavy atom. The second-order valence-corrected chi connectivity index (χ2v) is 17.6.